The van der Waals surface area contributed by atoms with Crippen molar-refractivity contribution in [3.8, 4) is 0 Å². The molecule has 0 atom stereocenters. The molecule has 72 valence electrons. The van der Waals surface area contributed by atoms with E-state index in [-0.39, 0.29) is 11.9 Å². The van der Waals surface area contributed by atoms with Crippen molar-refractivity contribution in [3.63, 3.8) is 0 Å². The zero-order valence-corrected chi connectivity index (χ0v) is 7.80. The van der Waals surface area contributed by atoms with Crippen molar-refractivity contribution in [2.24, 2.45) is 0 Å². The molecule has 2 rings (SSSR count). The van der Waals surface area contributed by atoms with E-state index >= 15 is 0 Å². The Bertz CT molecular complexity index is 256. The first-order valence-corrected chi connectivity index (χ1v) is 4.84. The highest BCUT2D eigenvalue weighted by atomic mass is 16.2. The Balaban J connectivity index is 2.33. The van der Waals surface area contributed by atoms with Gasteiger partial charge in [-0.15, -0.1) is 0 Å². The molecule has 1 saturated carbocycles. The lowest BCUT2D eigenvalue weighted by Gasteiger charge is -2.30. The number of nitrogens with zero attached hydrogens (tertiary/aromatic N) is 1. The maximum atomic E-state index is 11.6. The second-order valence-corrected chi connectivity index (χ2v) is 3.74. The Hall–Kier alpha value is -1.06. The van der Waals surface area contributed by atoms with E-state index in [0.717, 1.165) is 25.7 Å². The van der Waals surface area contributed by atoms with Crippen LogP contribution in [0.25, 0.3) is 0 Å². The molecular weight excluding hydrogens is 168 g/mol. The quantitative estimate of drug-likeness (QED) is 0.612. The molecule has 4 nitrogen and oxygen atoms in total. The summed E-state index contributed by atoms with van der Waals surface area (Å²) in [6, 6.07) is -0.214. The summed E-state index contributed by atoms with van der Waals surface area (Å²) >= 11 is 0. The summed E-state index contributed by atoms with van der Waals surface area (Å²) in [7, 11) is 0. The van der Waals surface area contributed by atoms with E-state index in [2.05, 4.69) is 5.32 Å². The summed E-state index contributed by atoms with van der Waals surface area (Å²) in [5.41, 5.74) is -0.480. The third-order valence-electron chi connectivity index (χ3n) is 3.15. The summed E-state index contributed by atoms with van der Waals surface area (Å²) in [5.74, 6) is -0.0862. The highest BCUT2D eigenvalue weighted by Crippen LogP contribution is 2.38. The van der Waals surface area contributed by atoms with Crippen molar-refractivity contribution in [1.82, 2.24) is 10.2 Å². The van der Waals surface area contributed by atoms with E-state index < -0.39 is 5.54 Å². The fourth-order valence-corrected chi connectivity index (χ4v) is 2.50. The van der Waals surface area contributed by atoms with Crippen LogP contribution in [-0.2, 0) is 4.79 Å². The van der Waals surface area contributed by atoms with Gasteiger partial charge in [0.15, 0.2) is 0 Å². The maximum absolute atomic E-state index is 11.6. The Kier molecular flexibility index (Phi) is 1.78. The van der Waals surface area contributed by atoms with Gasteiger partial charge in [0.1, 0.15) is 5.54 Å². The number of likely N-dealkylation sites (N-methyl/N-ethyl adjacent to an activating group) is 1. The predicted octanol–water partition coefficient (Wildman–Crippen LogP) is 0.871. The van der Waals surface area contributed by atoms with Gasteiger partial charge in [-0.25, -0.2) is 4.79 Å². The molecule has 1 heterocycles. The van der Waals surface area contributed by atoms with Crippen molar-refractivity contribution in [2.45, 2.75) is 38.1 Å². The van der Waals surface area contributed by atoms with Gasteiger partial charge in [-0.1, -0.05) is 12.8 Å². The van der Waals surface area contributed by atoms with E-state index in [1.807, 2.05) is 6.92 Å². The molecule has 1 N–H and O–H groups in total. The van der Waals surface area contributed by atoms with Crippen LogP contribution >= 0.6 is 0 Å². The lowest BCUT2D eigenvalue weighted by Crippen LogP contribution is -2.47. The average Bonchev–Trinajstić information content (AvgIpc) is 2.62. The van der Waals surface area contributed by atoms with Gasteiger partial charge in [0, 0.05) is 6.54 Å². The molecule has 0 bridgehead atoms. The number of hydrogen-bond acceptors (Lipinski definition) is 2. The van der Waals surface area contributed by atoms with E-state index in [4.69, 9.17) is 0 Å². The van der Waals surface area contributed by atoms with Crippen molar-refractivity contribution in [3.05, 3.63) is 0 Å². The normalized spacial score (nSPS) is 25.8. The fraction of sp³-hybridized carbons (Fsp3) is 0.778. The molecule has 1 aliphatic heterocycles. The third-order valence-corrected chi connectivity index (χ3v) is 3.15. The average molecular weight is 182 g/mol. The van der Waals surface area contributed by atoms with E-state index in [9.17, 15) is 9.59 Å². The number of rotatable bonds is 1. The minimum absolute atomic E-state index is 0.0862. The van der Waals surface area contributed by atoms with Crippen LogP contribution in [0.1, 0.15) is 32.6 Å². The SMILES string of the molecule is CCN1C(=O)NC(=O)C12CCCC2. The van der Waals surface area contributed by atoms with Crippen LogP contribution in [0.5, 0.6) is 0 Å². The fourth-order valence-electron chi connectivity index (χ4n) is 2.50. The van der Waals surface area contributed by atoms with Crippen molar-refractivity contribution in [2.75, 3.05) is 6.54 Å². The smallest absolute Gasteiger partial charge is 0.310 e. The zero-order valence-electron chi connectivity index (χ0n) is 7.80. The Labute approximate surface area is 77.3 Å². The van der Waals surface area contributed by atoms with Crippen LogP contribution in [-0.4, -0.2) is 28.9 Å². The maximum Gasteiger partial charge on any atom is 0.325 e. The highest BCUT2D eigenvalue weighted by molar-refractivity contribution is 6.07. The van der Waals surface area contributed by atoms with Gasteiger partial charge in [-0.2, -0.15) is 0 Å². The molecular formula is C9H14N2O2. The lowest BCUT2D eigenvalue weighted by molar-refractivity contribution is -0.126. The third kappa shape index (κ3) is 0.975. The van der Waals surface area contributed by atoms with Crippen LogP contribution in [0.4, 0.5) is 4.79 Å². The van der Waals surface area contributed by atoms with Gasteiger partial charge in [0.2, 0.25) is 0 Å². The first kappa shape index (κ1) is 8.53. The minimum Gasteiger partial charge on any atom is -0.310 e. The summed E-state index contributed by atoms with van der Waals surface area (Å²) in [4.78, 5) is 24.7. The Morgan fingerprint density at radius 2 is 2.00 bits per heavy atom. The Morgan fingerprint density at radius 3 is 2.54 bits per heavy atom. The van der Waals surface area contributed by atoms with Gasteiger partial charge >= 0.3 is 6.03 Å². The number of imide groups is 1. The van der Waals surface area contributed by atoms with Crippen molar-refractivity contribution < 1.29 is 9.59 Å². The molecule has 0 aromatic heterocycles. The molecule has 2 aliphatic rings. The molecule has 3 amide bonds. The molecule has 1 spiro atoms. The molecule has 1 aliphatic carbocycles. The summed E-state index contributed by atoms with van der Waals surface area (Å²) in [6.07, 6.45) is 3.77. The van der Waals surface area contributed by atoms with Crippen LogP contribution in [0, 0.1) is 0 Å². The van der Waals surface area contributed by atoms with E-state index in [1.54, 1.807) is 4.90 Å². The first-order chi connectivity index (χ1) is 6.20. The molecule has 13 heavy (non-hydrogen) atoms. The molecule has 2 fully saturated rings. The number of urea groups is 1. The minimum atomic E-state index is -0.480. The number of carbonyl (C=O) groups excluding carboxylic acids is 2. The molecule has 0 aromatic rings. The van der Waals surface area contributed by atoms with Gasteiger partial charge in [0.25, 0.3) is 5.91 Å². The van der Waals surface area contributed by atoms with Crippen molar-refractivity contribution in [1.29, 1.82) is 0 Å². The van der Waals surface area contributed by atoms with E-state index in [0.29, 0.717) is 6.54 Å². The molecule has 0 aromatic carbocycles. The largest absolute Gasteiger partial charge is 0.325 e. The number of carbonyl (C=O) groups is 2. The topological polar surface area (TPSA) is 49.4 Å². The standard InChI is InChI=1S/C9H14N2O2/c1-2-11-8(13)10-7(12)9(11)5-3-4-6-9/h2-6H2,1H3,(H,10,12,13). The first-order valence-electron chi connectivity index (χ1n) is 4.84. The van der Waals surface area contributed by atoms with Crippen LogP contribution in [0.2, 0.25) is 0 Å². The second-order valence-electron chi connectivity index (χ2n) is 3.74. The lowest BCUT2D eigenvalue weighted by atomic mass is 9.96. The number of nitrogens with one attached hydrogen (secondary N) is 1. The molecule has 0 radical (unpaired) electrons. The van der Waals surface area contributed by atoms with Gasteiger partial charge in [0.05, 0.1) is 0 Å². The van der Waals surface area contributed by atoms with Gasteiger partial charge in [-0.3, -0.25) is 10.1 Å². The highest BCUT2D eigenvalue weighted by Gasteiger charge is 2.53. The van der Waals surface area contributed by atoms with Crippen LogP contribution in [0.3, 0.4) is 0 Å². The molecule has 1 saturated heterocycles. The van der Waals surface area contributed by atoms with Crippen LogP contribution in [0.15, 0.2) is 0 Å². The summed E-state index contributed by atoms with van der Waals surface area (Å²) in [5, 5.41) is 2.40. The second kappa shape index (κ2) is 2.72. The summed E-state index contributed by atoms with van der Waals surface area (Å²) < 4.78 is 0. The van der Waals surface area contributed by atoms with Crippen LogP contribution < -0.4 is 5.32 Å². The monoisotopic (exact) mass is 182 g/mol. The van der Waals surface area contributed by atoms with Gasteiger partial charge < -0.3 is 4.90 Å². The van der Waals surface area contributed by atoms with Crippen molar-refractivity contribution >= 4 is 11.9 Å². The van der Waals surface area contributed by atoms with E-state index in [1.165, 1.54) is 0 Å². The molecule has 0 unspecified atom stereocenters. The number of amides is 3. The van der Waals surface area contributed by atoms with Gasteiger partial charge in [-0.05, 0) is 19.8 Å². The predicted molar refractivity (Wildman–Crippen MR) is 47.1 cm³/mol. The molecule has 4 heteroatoms. The summed E-state index contributed by atoms with van der Waals surface area (Å²) in [6.45, 7) is 2.54. The number of hydrogen-bond donors (Lipinski definition) is 1. The Morgan fingerprint density at radius 1 is 1.38 bits per heavy atom. The zero-order chi connectivity index (χ0) is 9.47.